The second kappa shape index (κ2) is 11.0. The van der Waals surface area contributed by atoms with Gasteiger partial charge in [0.15, 0.2) is 5.96 Å². The average Bonchev–Trinajstić information content (AvgIpc) is 3.13. The summed E-state index contributed by atoms with van der Waals surface area (Å²) < 4.78 is 5.42. The van der Waals surface area contributed by atoms with Gasteiger partial charge in [-0.05, 0) is 24.0 Å². The maximum absolute atomic E-state index is 5.42. The van der Waals surface area contributed by atoms with Gasteiger partial charge >= 0.3 is 0 Å². The van der Waals surface area contributed by atoms with E-state index in [2.05, 4.69) is 44.8 Å². The molecular formula is C19H31IN4O. The highest BCUT2D eigenvalue weighted by atomic mass is 127. The van der Waals surface area contributed by atoms with Gasteiger partial charge in [-0.2, -0.15) is 0 Å². The number of aliphatic imine (C=N–C) groups is 1. The first-order valence-corrected chi connectivity index (χ1v) is 9.18. The van der Waals surface area contributed by atoms with E-state index in [1.165, 1.54) is 36.8 Å². The monoisotopic (exact) mass is 458 g/mol. The lowest BCUT2D eigenvalue weighted by atomic mass is 10.1. The molecule has 1 aliphatic carbocycles. The summed E-state index contributed by atoms with van der Waals surface area (Å²) in [7, 11) is 1.85. The Hall–Kier alpha value is -0.860. The standard InChI is InChI=1S/C19H30N4O.HI/c1-20-19(22-18-7-2-3-8-18)21-14-16-5-4-6-17(13-16)15-23-9-11-24-12-10-23;/h4-6,13,18H,2-3,7-12,14-15H2,1H3,(H2,20,21,22);1H. The Balaban J connectivity index is 0.00000225. The fourth-order valence-electron chi connectivity index (χ4n) is 3.50. The Morgan fingerprint density at radius 3 is 2.64 bits per heavy atom. The third-order valence-corrected chi connectivity index (χ3v) is 4.88. The predicted octanol–water partition coefficient (Wildman–Crippen LogP) is 2.74. The highest BCUT2D eigenvalue weighted by Gasteiger charge is 2.16. The molecule has 0 aromatic heterocycles. The van der Waals surface area contributed by atoms with Crippen molar-refractivity contribution >= 4 is 29.9 Å². The van der Waals surface area contributed by atoms with Crippen LogP contribution in [0.15, 0.2) is 29.3 Å². The molecule has 2 fully saturated rings. The lowest BCUT2D eigenvalue weighted by Gasteiger charge is -2.26. The van der Waals surface area contributed by atoms with Gasteiger partial charge in [-0.25, -0.2) is 0 Å². The van der Waals surface area contributed by atoms with Crippen molar-refractivity contribution in [3.63, 3.8) is 0 Å². The number of ether oxygens (including phenoxy) is 1. The van der Waals surface area contributed by atoms with Crippen molar-refractivity contribution in [3.8, 4) is 0 Å². The smallest absolute Gasteiger partial charge is 0.191 e. The first-order chi connectivity index (χ1) is 11.8. The zero-order valence-electron chi connectivity index (χ0n) is 15.2. The summed E-state index contributed by atoms with van der Waals surface area (Å²) in [5.74, 6) is 0.917. The van der Waals surface area contributed by atoms with Gasteiger partial charge in [0.05, 0.1) is 13.2 Å². The molecule has 0 spiro atoms. The lowest BCUT2D eigenvalue weighted by Crippen LogP contribution is -2.41. The molecule has 6 heteroatoms. The highest BCUT2D eigenvalue weighted by molar-refractivity contribution is 14.0. The normalized spacial score (nSPS) is 19.5. The van der Waals surface area contributed by atoms with Gasteiger partial charge in [0.1, 0.15) is 0 Å². The second-order valence-corrected chi connectivity index (χ2v) is 6.76. The summed E-state index contributed by atoms with van der Waals surface area (Å²) in [5, 5.41) is 6.98. The maximum atomic E-state index is 5.42. The van der Waals surface area contributed by atoms with E-state index in [9.17, 15) is 0 Å². The van der Waals surface area contributed by atoms with Crippen molar-refractivity contribution in [2.45, 2.75) is 44.8 Å². The molecule has 1 saturated carbocycles. The fourth-order valence-corrected chi connectivity index (χ4v) is 3.50. The summed E-state index contributed by atoms with van der Waals surface area (Å²) in [6.07, 6.45) is 5.18. The van der Waals surface area contributed by atoms with E-state index in [1.807, 2.05) is 7.05 Å². The molecule has 1 aromatic carbocycles. The van der Waals surface area contributed by atoms with Gasteiger partial charge in [-0.1, -0.05) is 37.1 Å². The van der Waals surface area contributed by atoms with Crippen LogP contribution in [-0.2, 0) is 17.8 Å². The van der Waals surface area contributed by atoms with Crippen LogP contribution in [0, 0.1) is 0 Å². The molecule has 0 amide bonds. The van der Waals surface area contributed by atoms with Crippen molar-refractivity contribution in [2.24, 2.45) is 4.99 Å². The minimum atomic E-state index is 0. The number of nitrogens with zero attached hydrogens (tertiary/aromatic N) is 2. The number of morpholine rings is 1. The summed E-state index contributed by atoms with van der Waals surface area (Å²) >= 11 is 0. The van der Waals surface area contributed by atoms with Gasteiger partial charge in [-0.3, -0.25) is 9.89 Å². The lowest BCUT2D eigenvalue weighted by molar-refractivity contribution is 0.0342. The first-order valence-electron chi connectivity index (χ1n) is 9.18. The van der Waals surface area contributed by atoms with Gasteiger partial charge in [0.25, 0.3) is 0 Å². The van der Waals surface area contributed by atoms with E-state index in [4.69, 9.17) is 4.74 Å². The van der Waals surface area contributed by atoms with E-state index < -0.39 is 0 Å². The maximum Gasteiger partial charge on any atom is 0.191 e. The van der Waals surface area contributed by atoms with E-state index in [0.717, 1.165) is 45.4 Å². The summed E-state index contributed by atoms with van der Waals surface area (Å²) in [6, 6.07) is 9.43. The van der Waals surface area contributed by atoms with Crippen molar-refractivity contribution in [3.05, 3.63) is 35.4 Å². The molecule has 0 radical (unpaired) electrons. The largest absolute Gasteiger partial charge is 0.379 e. The minimum absolute atomic E-state index is 0. The first kappa shape index (κ1) is 20.5. The third kappa shape index (κ3) is 6.75. The Morgan fingerprint density at radius 2 is 1.92 bits per heavy atom. The van der Waals surface area contributed by atoms with E-state index in [-0.39, 0.29) is 24.0 Å². The molecule has 0 atom stereocenters. The zero-order valence-corrected chi connectivity index (χ0v) is 17.5. The number of rotatable bonds is 5. The SMILES string of the molecule is CN=C(NCc1cccc(CN2CCOCC2)c1)NC1CCCC1.I. The minimum Gasteiger partial charge on any atom is -0.379 e. The van der Waals surface area contributed by atoms with Crippen LogP contribution in [0.5, 0.6) is 0 Å². The molecule has 25 heavy (non-hydrogen) atoms. The van der Waals surface area contributed by atoms with Gasteiger partial charge in [-0.15, -0.1) is 24.0 Å². The van der Waals surface area contributed by atoms with Gasteiger partial charge < -0.3 is 15.4 Å². The Bertz CT molecular complexity index is 540. The predicted molar refractivity (Wildman–Crippen MR) is 114 cm³/mol. The number of nitrogens with one attached hydrogen (secondary N) is 2. The topological polar surface area (TPSA) is 48.9 Å². The van der Waals surface area contributed by atoms with Crippen molar-refractivity contribution in [1.82, 2.24) is 15.5 Å². The molecule has 2 N–H and O–H groups in total. The number of halogens is 1. The third-order valence-electron chi connectivity index (χ3n) is 4.88. The van der Waals surface area contributed by atoms with Crippen molar-refractivity contribution in [1.29, 1.82) is 0 Å². The summed E-state index contributed by atoms with van der Waals surface area (Å²) in [6.45, 7) is 5.57. The van der Waals surface area contributed by atoms with Crippen LogP contribution in [-0.4, -0.2) is 50.3 Å². The Morgan fingerprint density at radius 1 is 1.20 bits per heavy atom. The molecule has 0 bridgehead atoms. The Labute approximate surface area is 168 Å². The molecule has 3 rings (SSSR count). The zero-order chi connectivity index (χ0) is 16.6. The summed E-state index contributed by atoms with van der Waals surface area (Å²) in [4.78, 5) is 6.81. The molecule has 5 nitrogen and oxygen atoms in total. The molecule has 2 aliphatic rings. The summed E-state index contributed by atoms with van der Waals surface area (Å²) in [5.41, 5.74) is 2.67. The molecule has 1 aliphatic heterocycles. The molecule has 0 unspecified atom stereocenters. The van der Waals surface area contributed by atoms with E-state index >= 15 is 0 Å². The highest BCUT2D eigenvalue weighted by Crippen LogP contribution is 2.17. The molecule has 140 valence electrons. The van der Waals surface area contributed by atoms with Crippen LogP contribution in [0.2, 0.25) is 0 Å². The number of guanidine groups is 1. The fraction of sp³-hybridized carbons (Fsp3) is 0.632. The van der Waals surface area contributed by atoms with E-state index in [1.54, 1.807) is 0 Å². The second-order valence-electron chi connectivity index (χ2n) is 6.76. The quantitative estimate of drug-likeness (QED) is 0.405. The van der Waals surface area contributed by atoms with Crippen molar-refractivity contribution in [2.75, 3.05) is 33.4 Å². The van der Waals surface area contributed by atoms with E-state index in [0.29, 0.717) is 6.04 Å². The van der Waals surface area contributed by atoms with Crippen molar-refractivity contribution < 1.29 is 4.74 Å². The van der Waals surface area contributed by atoms with Gasteiger partial charge in [0, 0.05) is 39.3 Å². The average molecular weight is 458 g/mol. The Kier molecular flexibility index (Phi) is 8.98. The number of benzene rings is 1. The van der Waals surface area contributed by atoms with Crippen LogP contribution in [0.1, 0.15) is 36.8 Å². The van der Waals surface area contributed by atoms with Gasteiger partial charge in [0.2, 0.25) is 0 Å². The number of hydrogen-bond acceptors (Lipinski definition) is 3. The van der Waals surface area contributed by atoms with Crippen LogP contribution in [0.4, 0.5) is 0 Å². The molecule has 1 heterocycles. The van der Waals surface area contributed by atoms with Crippen LogP contribution >= 0.6 is 24.0 Å². The van der Waals surface area contributed by atoms with Crippen LogP contribution in [0.3, 0.4) is 0 Å². The molecular weight excluding hydrogens is 427 g/mol. The molecule has 1 saturated heterocycles. The van der Waals surface area contributed by atoms with Crippen LogP contribution in [0.25, 0.3) is 0 Å². The number of hydrogen-bond donors (Lipinski definition) is 2. The van der Waals surface area contributed by atoms with Crippen LogP contribution < -0.4 is 10.6 Å². The molecule has 1 aromatic rings.